The van der Waals surface area contributed by atoms with Gasteiger partial charge in [-0.05, 0) is 12.1 Å². The molecule has 0 saturated heterocycles. The van der Waals surface area contributed by atoms with Crippen molar-refractivity contribution < 1.29 is 28.8 Å². The molecule has 2 aromatic rings. The third-order valence-corrected chi connectivity index (χ3v) is 2.43. The van der Waals surface area contributed by atoms with E-state index in [-0.39, 0.29) is 6.29 Å². The summed E-state index contributed by atoms with van der Waals surface area (Å²) < 4.78 is 19.2. The van der Waals surface area contributed by atoms with Crippen molar-refractivity contribution in [2.75, 3.05) is 21.3 Å². The van der Waals surface area contributed by atoms with E-state index in [2.05, 4.69) is 14.9 Å². The molecule has 2 N–H and O–H groups in total. The molecule has 0 unspecified atom stereocenters. The topological polar surface area (TPSA) is 107 Å². The van der Waals surface area contributed by atoms with Crippen LogP contribution in [-0.4, -0.2) is 48.2 Å². The molecule has 0 aliphatic rings. The first-order valence-corrected chi connectivity index (χ1v) is 5.93. The molecule has 0 radical (unpaired) electrons. The van der Waals surface area contributed by atoms with Gasteiger partial charge in [-0.2, -0.15) is 0 Å². The fourth-order valence-electron chi connectivity index (χ4n) is 1.45. The van der Waals surface area contributed by atoms with Crippen LogP contribution in [0, 0.1) is 0 Å². The molecule has 0 fully saturated rings. The molecule has 8 heteroatoms. The molecule has 21 heavy (non-hydrogen) atoms. The van der Waals surface area contributed by atoms with Crippen molar-refractivity contribution in [1.82, 2.24) is 10.2 Å². The van der Waals surface area contributed by atoms with Crippen molar-refractivity contribution in [1.29, 1.82) is 0 Å². The smallest absolute Gasteiger partial charge is 0.266 e. The Morgan fingerprint density at radius 3 is 1.95 bits per heavy atom. The highest BCUT2D eigenvalue weighted by molar-refractivity contribution is 5.52. The second-order valence-corrected chi connectivity index (χ2v) is 3.73. The largest absolute Gasteiger partial charge is 0.423 e. The Morgan fingerprint density at radius 1 is 1.00 bits per heavy atom. The van der Waals surface area contributed by atoms with Gasteiger partial charge in [0.15, 0.2) is 6.29 Å². The van der Waals surface area contributed by atoms with E-state index >= 15 is 0 Å². The minimum Gasteiger partial charge on any atom is -0.423 e. The minimum atomic E-state index is -1.62. The molecule has 1 aromatic heterocycles. The van der Waals surface area contributed by atoms with Gasteiger partial charge in [0.05, 0.1) is 0 Å². The molecule has 0 atom stereocenters. The second-order valence-electron chi connectivity index (χ2n) is 3.73. The van der Waals surface area contributed by atoms with E-state index in [1.807, 2.05) is 24.3 Å². The summed E-state index contributed by atoms with van der Waals surface area (Å²) in [6, 6.07) is 7.57. The van der Waals surface area contributed by atoms with Crippen molar-refractivity contribution in [3.8, 4) is 11.5 Å². The summed E-state index contributed by atoms with van der Waals surface area (Å²) in [6.07, 6.45) is 0.952. The number of benzene rings is 1. The number of hydrogen-bond acceptors (Lipinski definition) is 8. The lowest BCUT2D eigenvalue weighted by Gasteiger charge is -2.13. The van der Waals surface area contributed by atoms with Crippen LogP contribution in [0.2, 0.25) is 0 Å². The van der Waals surface area contributed by atoms with E-state index in [9.17, 15) is 0 Å². The summed E-state index contributed by atoms with van der Waals surface area (Å²) in [4.78, 5) is 0. The van der Waals surface area contributed by atoms with Gasteiger partial charge in [-0.15, -0.1) is 10.2 Å². The van der Waals surface area contributed by atoms with Gasteiger partial charge in [0.2, 0.25) is 12.3 Å². The third-order valence-electron chi connectivity index (χ3n) is 2.43. The van der Waals surface area contributed by atoms with Gasteiger partial charge in [-0.1, -0.05) is 12.1 Å². The molecule has 0 aliphatic heterocycles. The predicted octanol–water partition coefficient (Wildman–Crippen LogP) is 0.929. The lowest BCUT2D eigenvalue weighted by molar-refractivity contribution is -0.218. The average Bonchev–Trinajstić information content (AvgIpc) is 3.04. The Hall–Kier alpha value is -1.84. The molecule has 0 amide bonds. The van der Waals surface area contributed by atoms with Crippen LogP contribution < -0.4 is 0 Å². The Balaban J connectivity index is 0.000000383. The molecule has 0 aliphatic carbocycles. The van der Waals surface area contributed by atoms with Crippen molar-refractivity contribution in [3.63, 3.8) is 0 Å². The maximum Gasteiger partial charge on any atom is 0.266 e. The zero-order valence-electron chi connectivity index (χ0n) is 12.0. The van der Waals surface area contributed by atoms with Crippen LogP contribution in [0.4, 0.5) is 0 Å². The highest BCUT2D eigenvalue weighted by Gasteiger charge is 2.09. The summed E-state index contributed by atoms with van der Waals surface area (Å²) >= 11 is 0. The number of hydrogen-bond donors (Lipinski definition) is 2. The highest BCUT2D eigenvalue weighted by atomic mass is 16.7. The van der Waals surface area contributed by atoms with Crippen LogP contribution in [0.3, 0.4) is 0 Å². The molecule has 116 valence electrons. The second kappa shape index (κ2) is 9.16. The summed E-state index contributed by atoms with van der Waals surface area (Å²) in [7, 11) is 4.39. The van der Waals surface area contributed by atoms with Gasteiger partial charge < -0.3 is 28.8 Å². The van der Waals surface area contributed by atoms with Crippen molar-refractivity contribution in [2.24, 2.45) is 0 Å². The van der Waals surface area contributed by atoms with Gasteiger partial charge >= 0.3 is 0 Å². The number of methoxy groups -OCH3 is 3. The predicted molar refractivity (Wildman–Crippen MR) is 71.7 cm³/mol. The van der Waals surface area contributed by atoms with E-state index in [4.69, 9.17) is 24.1 Å². The number of aliphatic hydroxyl groups is 2. The van der Waals surface area contributed by atoms with Crippen LogP contribution in [0.25, 0.3) is 11.5 Å². The van der Waals surface area contributed by atoms with Gasteiger partial charge in [-0.25, -0.2) is 0 Å². The molecule has 1 aromatic carbocycles. The standard InChI is InChI=1S/C11H12N2O3.C2H6O3/c1-14-11(15-2)9-5-3-8(4-6-9)10-13-12-7-16-10;1-5-2(3)4/h3-7,11H,1-2H3;2-4H,1H3. The summed E-state index contributed by atoms with van der Waals surface area (Å²) in [6.45, 7) is -1.62. The zero-order valence-corrected chi connectivity index (χ0v) is 12.0. The lowest BCUT2D eigenvalue weighted by atomic mass is 10.1. The monoisotopic (exact) mass is 298 g/mol. The van der Waals surface area contributed by atoms with Crippen LogP contribution in [0.1, 0.15) is 11.9 Å². The Bertz CT molecular complexity index is 482. The molecule has 2 rings (SSSR count). The Labute approximate surface area is 121 Å². The highest BCUT2D eigenvalue weighted by Crippen LogP contribution is 2.21. The van der Waals surface area contributed by atoms with Crippen LogP contribution in [0.5, 0.6) is 0 Å². The number of aromatic nitrogens is 2. The molecule has 8 nitrogen and oxygen atoms in total. The SMILES string of the molecule is COC(O)O.COC(OC)c1ccc(-c2nnco2)cc1. The minimum absolute atomic E-state index is 0.350. The van der Waals surface area contributed by atoms with E-state index in [1.165, 1.54) is 13.5 Å². The van der Waals surface area contributed by atoms with Crippen molar-refractivity contribution in [3.05, 3.63) is 36.2 Å². The molecule has 0 spiro atoms. The van der Waals surface area contributed by atoms with Crippen molar-refractivity contribution >= 4 is 0 Å². The maximum absolute atomic E-state index is 7.69. The van der Waals surface area contributed by atoms with E-state index in [1.54, 1.807) is 14.2 Å². The third kappa shape index (κ3) is 5.58. The average molecular weight is 298 g/mol. The van der Waals surface area contributed by atoms with E-state index in [0.29, 0.717) is 5.89 Å². The lowest BCUT2D eigenvalue weighted by Crippen LogP contribution is -2.04. The van der Waals surface area contributed by atoms with Crippen molar-refractivity contribution in [2.45, 2.75) is 12.8 Å². The molecule has 1 heterocycles. The number of nitrogens with zero attached hydrogens (tertiary/aromatic N) is 2. The molecule has 0 bridgehead atoms. The summed E-state index contributed by atoms with van der Waals surface area (Å²) in [5.74, 6) is 0.498. The van der Waals surface area contributed by atoms with Gasteiger partial charge in [0.25, 0.3) is 6.48 Å². The first-order valence-electron chi connectivity index (χ1n) is 5.93. The quantitative estimate of drug-likeness (QED) is 0.785. The van der Waals surface area contributed by atoms with Gasteiger partial charge in [0.1, 0.15) is 0 Å². The van der Waals surface area contributed by atoms with Crippen LogP contribution >= 0.6 is 0 Å². The van der Waals surface area contributed by atoms with E-state index in [0.717, 1.165) is 11.1 Å². The summed E-state index contributed by atoms with van der Waals surface area (Å²) in [5.41, 5.74) is 1.81. The number of rotatable bonds is 5. The number of aliphatic hydroxyl groups excluding tert-OH is 1. The zero-order chi connectivity index (χ0) is 15.7. The van der Waals surface area contributed by atoms with Crippen LogP contribution in [-0.2, 0) is 14.2 Å². The first kappa shape index (κ1) is 17.2. The molecular formula is C13H18N2O6. The Morgan fingerprint density at radius 2 is 1.57 bits per heavy atom. The fraction of sp³-hybridized carbons (Fsp3) is 0.385. The molecule has 0 saturated carbocycles. The Kier molecular flexibility index (Phi) is 7.51. The fourth-order valence-corrected chi connectivity index (χ4v) is 1.45. The van der Waals surface area contributed by atoms with Gasteiger partial charge in [0, 0.05) is 32.5 Å². The summed E-state index contributed by atoms with van der Waals surface area (Å²) in [5, 5.41) is 22.8. The normalized spacial score (nSPS) is 10.6. The first-order chi connectivity index (χ1) is 10.1. The maximum atomic E-state index is 7.69. The van der Waals surface area contributed by atoms with Crippen LogP contribution in [0.15, 0.2) is 35.1 Å². The molecular weight excluding hydrogens is 280 g/mol. The number of ether oxygens (including phenoxy) is 3. The van der Waals surface area contributed by atoms with Gasteiger partial charge in [-0.3, -0.25) is 0 Å². The van der Waals surface area contributed by atoms with E-state index < -0.39 is 6.48 Å².